The summed E-state index contributed by atoms with van der Waals surface area (Å²) in [7, 11) is 5.46. The first-order valence-electron chi connectivity index (χ1n) is 4.12. The van der Waals surface area contributed by atoms with Gasteiger partial charge >= 0.3 is 5.97 Å². The Kier molecular flexibility index (Phi) is 3.05. The molecule has 4 heteroatoms. The molecule has 0 bridgehead atoms. The van der Waals surface area contributed by atoms with Crippen molar-refractivity contribution in [1.82, 2.24) is 10.2 Å². The minimum absolute atomic E-state index is 0.109. The van der Waals surface area contributed by atoms with Gasteiger partial charge in [-0.1, -0.05) is 0 Å². The van der Waals surface area contributed by atoms with Gasteiger partial charge in [0.2, 0.25) is 0 Å². The van der Waals surface area contributed by atoms with Crippen LogP contribution in [0.5, 0.6) is 0 Å². The van der Waals surface area contributed by atoms with Gasteiger partial charge in [-0.15, -0.1) is 0 Å². The van der Waals surface area contributed by atoms with Crippen molar-refractivity contribution < 1.29 is 9.53 Å². The molecule has 0 aliphatic carbocycles. The first-order valence-corrected chi connectivity index (χ1v) is 4.12. The Hall–Kier alpha value is -0.610. The van der Waals surface area contributed by atoms with Gasteiger partial charge in [-0.05, 0) is 20.5 Å². The number of ether oxygens (including phenoxy) is 1. The lowest BCUT2D eigenvalue weighted by Gasteiger charge is -2.17. The Bertz CT molecular complexity index is 170. The van der Waals surface area contributed by atoms with Crippen LogP contribution in [-0.4, -0.2) is 50.7 Å². The van der Waals surface area contributed by atoms with Crippen molar-refractivity contribution in [1.29, 1.82) is 0 Å². The maximum absolute atomic E-state index is 11.1. The van der Waals surface area contributed by atoms with E-state index in [0.717, 1.165) is 13.0 Å². The van der Waals surface area contributed by atoms with E-state index in [1.807, 2.05) is 14.1 Å². The highest BCUT2D eigenvalue weighted by Crippen LogP contribution is 2.11. The van der Waals surface area contributed by atoms with Gasteiger partial charge in [-0.25, -0.2) is 0 Å². The van der Waals surface area contributed by atoms with Crippen LogP contribution in [0.2, 0.25) is 0 Å². The summed E-state index contributed by atoms with van der Waals surface area (Å²) in [5.74, 6) is -0.153. The van der Waals surface area contributed by atoms with Gasteiger partial charge in [0, 0.05) is 12.6 Å². The molecule has 4 nitrogen and oxygen atoms in total. The minimum atomic E-state index is -0.153. The molecule has 0 radical (unpaired) electrons. The molecule has 0 spiro atoms. The van der Waals surface area contributed by atoms with Crippen LogP contribution in [0.15, 0.2) is 0 Å². The van der Waals surface area contributed by atoms with Crippen molar-refractivity contribution in [2.24, 2.45) is 0 Å². The number of carbonyl (C=O) groups excluding carboxylic acids is 1. The van der Waals surface area contributed by atoms with E-state index >= 15 is 0 Å². The largest absolute Gasteiger partial charge is 0.468 e. The topological polar surface area (TPSA) is 41.6 Å². The number of hydrogen-bond acceptors (Lipinski definition) is 4. The van der Waals surface area contributed by atoms with Crippen LogP contribution in [0.3, 0.4) is 0 Å². The lowest BCUT2D eigenvalue weighted by molar-refractivity contribution is -0.142. The fraction of sp³-hybridized carbons (Fsp3) is 0.875. The summed E-state index contributed by atoms with van der Waals surface area (Å²) in [4.78, 5) is 13.2. The third-order valence-electron chi connectivity index (χ3n) is 2.32. The first-order chi connectivity index (χ1) is 5.65. The standard InChI is InChI=1S/C8H16N2O2/c1-10(2)6-4-7(9-5-6)8(11)12-3/h6-7,9H,4-5H2,1-3H3/t6-,7+/m1/s1. The van der Waals surface area contributed by atoms with Gasteiger partial charge in [0.1, 0.15) is 6.04 Å². The Morgan fingerprint density at radius 2 is 2.25 bits per heavy atom. The molecular formula is C8H16N2O2. The fourth-order valence-corrected chi connectivity index (χ4v) is 1.43. The van der Waals surface area contributed by atoms with Crippen molar-refractivity contribution in [3.8, 4) is 0 Å². The second-order valence-corrected chi connectivity index (χ2v) is 3.34. The van der Waals surface area contributed by atoms with Crippen molar-refractivity contribution in [2.75, 3.05) is 27.7 Å². The highest BCUT2D eigenvalue weighted by molar-refractivity contribution is 5.76. The van der Waals surface area contributed by atoms with Crippen molar-refractivity contribution in [3.05, 3.63) is 0 Å². The predicted molar refractivity (Wildman–Crippen MR) is 45.9 cm³/mol. The molecule has 0 aromatic heterocycles. The molecule has 1 heterocycles. The summed E-state index contributed by atoms with van der Waals surface area (Å²) >= 11 is 0. The third-order valence-corrected chi connectivity index (χ3v) is 2.32. The van der Waals surface area contributed by atoms with Crippen LogP contribution < -0.4 is 5.32 Å². The van der Waals surface area contributed by atoms with Gasteiger partial charge in [-0.2, -0.15) is 0 Å². The predicted octanol–water partition coefficient (Wildman–Crippen LogP) is -0.548. The van der Waals surface area contributed by atoms with E-state index < -0.39 is 0 Å². The molecule has 1 rings (SSSR count). The van der Waals surface area contributed by atoms with Crippen molar-refractivity contribution >= 4 is 5.97 Å². The number of methoxy groups -OCH3 is 1. The highest BCUT2D eigenvalue weighted by atomic mass is 16.5. The summed E-state index contributed by atoms with van der Waals surface area (Å²) in [6, 6.07) is 0.344. The number of likely N-dealkylation sites (N-methyl/N-ethyl adjacent to an activating group) is 1. The van der Waals surface area contributed by atoms with Crippen molar-refractivity contribution in [2.45, 2.75) is 18.5 Å². The van der Waals surface area contributed by atoms with E-state index in [2.05, 4.69) is 15.0 Å². The summed E-state index contributed by atoms with van der Waals surface area (Å²) in [5, 5.41) is 3.12. The molecule has 2 atom stereocenters. The van der Waals surface area contributed by atoms with Crippen LogP contribution >= 0.6 is 0 Å². The molecule has 0 aromatic carbocycles. The first kappa shape index (κ1) is 9.48. The van der Waals surface area contributed by atoms with Crippen LogP contribution in [0.1, 0.15) is 6.42 Å². The average molecular weight is 172 g/mol. The molecule has 1 aliphatic heterocycles. The van der Waals surface area contributed by atoms with Crippen LogP contribution in [0, 0.1) is 0 Å². The van der Waals surface area contributed by atoms with Crippen LogP contribution in [0.4, 0.5) is 0 Å². The molecule has 1 saturated heterocycles. The average Bonchev–Trinajstić information content (AvgIpc) is 2.51. The second-order valence-electron chi connectivity index (χ2n) is 3.34. The molecule has 1 fully saturated rings. The molecule has 0 saturated carbocycles. The normalized spacial score (nSPS) is 29.3. The monoisotopic (exact) mass is 172 g/mol. The third kappa shape index (κ3) is 1.95. The lowest BCUT2D eigenvalue weighted by Crippen LogP contribution is -2.31. The molecule has 12 heavy (non-hydrogen) atoms. The maximum Gasteiger partial charge on any atom is 0.322 e. The quantitative estimate of drug-likeness (QED) is 0.568. The van der Waals surface area contributed by atoms with E-state index in [1.165, 1.54) is 7.11 Å². The van der Waals surface area contributed by atoms with Gasteiger partial charge in [0.05, 0.1) is 7.11 Å². The zero-order valence-corrected chi connectivity index (χ0v) is 7.83. The van der Waals surface area contributed by atoms with E-state index in [9.17, 15) is 4.79 Å². The van der Waals surface area contributed by atoms with Crippen molar-refractivity contribution in [3.63, 3.8) is 0 Å². The Morgan fingerprint density at radius 3 is 2.67 bits per heavy atom. The zero-order valence-electron chi connectivity index (χ0n) is 7.83. The number of nitrogens with one attached hydrogen (secondary N) is 1. The zero-order chi connectivity index (χ0) is 9.14. The Labute approximate surface area is 72.9 Å². The summed E-state index contributed by atoms with van der Waals surface area (Å²) in [6.45, 7) is 0.868. The van der Waals surface area contributed by atoms with Gasteiger partial charge < -0.3 is 15.0 Å². The molecular weight excluding hydrogens is 156 g/mol. The smallest absolute Gasteiger partial charge is 0.322 e. The lowest BCUT2D eigenvalue weighted by atomic mass is 10.1. The number of rotatable bonds is 2. The van der Waals surface area contributed by atoms with E-state index in [1.54, 1.807) is 0 Å². The number of carbonyl (C=O) groups is 1. The summed E-state index contributed by atoms with van der Waals surface area (Å²) < 4.78 is 4.64. The van der Waals surface area contributed by atoms with Gasteiger partial charge in [0.25, 0.3) is 0 Å². The molecule has 1 N–H and O–H groups in total. The molecule has 0 unspecified atom stereocenters. The second kappa shape index (κ2) is 3.87. The van der Waals surface area contributed by atoms with Crippen LogP contribution in [-0.2, 0) is 9.53 Å². The number of esters is 1. The molecule has 0 aromatic rings. The maximum atomic E-state index is 11.1. The summed E-state index contributed by atoms with van der Waals surface area (Å²) in [5.41, 5.74) is 0. The van der Waals surface area contributed by atoms with Crippen LogP contribution in [0.25, 0.3) is 0 Å². The number of nitrogens with zero attached hydrogens (tertiary/aromatic N) is 1. The van der Waals surface area contributed by atoms with E-state index in [4.69, 9.17) is 0 Å². The molecule has 1 aliphatic rings. The fourth-order valence-electron chi connectivity index (χ4n) is 1.43. The number of hydrogen-bond donors (Lipinski definition) is 1. The van der Waals surface area contributed by atoms with Gasteiger partial charge in [0.15, 0.2) is 0 Å². The summed E-state index contributed by atoms with van der Waals surface area (Å²) in [6.07, 6.45) is 0.847. The minimum Gasteiger partial charge on any atom is -0.468 e. The van der Waals surface area contributed by atoms with Gasteiger partial charge in [-0.3, -0.25) is 4.79 Å². The van der Waals surface area contributed by atoms with E-state index in [-0.39, 0.29) is 12.0 Å². The Morgan fingerprint density at radius 1 is 1.58 bits per heavy atom. The molecule has 70 valence electrons. The highest BCUT2D eigenvalue weighted by Gasteiger charge is 2.30. The Balaban J connectivity index is 2.40. The SMILES string of the molecule is COC(=O)[C@@H]1C[C@@H](N(C)C)CN1. The molecule has 0 amide bonds. The van der Waals surface area contributed by atoms with E-state index in [0.29, 0.717) is 6.04 Å².